The van der Waals surface area contributed by atoms with Gasteiger partial charge >= 0.3 is 0 Å². The molecular formula is C25H15Cl2N3O2S. The second-order valence-corrected chi connectivity index (χ2v) is 8.74. The van der Waals surface area contributed by atoms with E-state index in [-0.39, 0.29) is 15.8 Å². The number of carbonyl (C=O) groups excluding carboxylic acids is 1. The first-order valence-corrected chi connectivity index (χ1v) is 11.3. The lowest BCUT2D eigenvalue weighted by atomic mass is 10.2. The number of anilines is 1. The summed E-state index contributed by atoms with van der Waals surface area (Å²) in [5.41, 5.74) is 1.14. The molecule has 0 bridgehead atoms. The van der Waals surface area contributed by atoms with Crippen molar-refractivity contribution >= 4 is 57.8 Å². The van der Waals surface area contributed by atoms with E-state index in [1.54, 1.807) is 72.8 Å². The van der Waals surface area contributed by atoms with E-state index in [1.807, 2.05) is 18.2 Å². The summed E-state index contributed by atoms with van der Waals surface area (Å²) in [6.07, 6.45) is 1.66. The first-order valence-electron chi connectivity index (χ1n) is 9.73. The van der Waals surface area contributed by atoms with Gasteiger partial charge in [-0.25, -0.2) is 0 Å². The molecule has 4 aromatic rings. The largest absolute Gasteiger partial charge is 0.321 e. The van der Waals surface area contributed by atoms with Gasteiger partial charge in [0, 0.05) is 15.7 Å². The second kappa shape index (κ2) is 9.88. The molecule has 162 valence electrons. The van der Waals surface area contributed by atoms with Gasteiger partial charge in [-0.3, -0.25) is 14.2 Å². The van der Waals surface area contributed by atoms with Gasteiger partial charge in [-0.2, -0.15) is 5.26 Å². The van der Waals surface area contributed by atoms with Crippen molar-refractivity contribution < 1.29 is 4.79 Å². The van der Waals surface area contributed by atoms with Crippen molar-refractivity contribution in [2.45, 2.75) is 0 Å². The summed E-state index contributed by atoms with van der Waals surface area (Å²) in [7, 11) is 0. The fourth-order valence-electron chi connectivity index (χ4n) is 3.12. The van der Waals surface area contributed by atoms with Gasteiger partial charge in [0.15, 0.2) is 5.57 Å². The van der Waals surface area contributed by atoms with Crippen LogP contribution in [-0.4, -0.2) is 10.5 Å². The van der Waals surface area contributed by atoms with Gasteiger partial charge in [0.1, 0.15) is 10.7 Å². The summed E-state index contributed by atoms with van der Waals surface area (Å²) in [6.45, 7) is 0. The van der Waals surface area contributed by atoms with Crippen molar-refractivity contribution in [1.82, 2.24) is 4.57 Å². The Bertz CT molecular complexity index is 1550. The average Bonchev–Trinajstić information content (AvgIpc) is 3.13. The molecule has 0 radical (unpaired) electrons. The SMILES string of the molecule is N#CC(C(=O)Nc1ccc(Cl)cc1)=c1sc(=Cc2ccccc2Cl)c(=O)n1-c1ccccc1. The van der Waals surface area contributed by atoms with Crippen molar-refractivity contribution in [1.29, 1.82) is 5.26 Å². The molecule has 0 fully saturated rings. The lowest BCUT2D eigenvalue weighted by Gasteiger charge is -2.06. The van der Waals surface area contributed by atoms with Crippen LogP contribution in [-0.2, 0) is 4.79 Å². The average molecular weight is 492 g/mol. The highest BCUT2D eigenvalue weighted by atomic mass is 35.5. The van der Waals surface area contributed by atoms with E-state index in [1.165, 1.54) is 4.57 Å². The molecule has 0 spiro atoms. The van der Waals surface area contributed by atoms with Crippen molar-refractivity contribution in [2.24, 2.45) is 0 Å². The van der Waals surface area contributed by atoms with Crippen LogP contribution < -0.4 is 20.1 Å². The molecule has 5 nitrogen and oxygen atoms in total. The van der Waals surface area contributed by atoms with Gasteiger partial charge in [0.25, 0.3) is 11.5 Å². The molecule has 0 atom stereocenters. The number of benzene rings is 3. The van der Waals surface area contributed by atoms with E-state index in [9.17, 15) is 14.9 Å². The molecule has 1 heterocycles. The number of nitrogens with one attached hydrogen (secondary N) is 1. The minimum atomic E-state index is -0.630. The van der Waals surface area contributed by atoms with Crippen molar-refractivity contribution in [3.8, 4) is 11.8 Å². The zero-order chi connectivity index (χ0) is 23.4. The van der Waals surface area contributed by atoms with E-state index in [4.69, 9.17) is 23.2 Å². The number of amides is 1. The first kappa shape index (κ1) is 22.6. The van der Waals surface area contributed by atoms with Crippen LogP contribution in [0.2, 0.25) is 10.0 Å². The maximum absolute atomic E-state index is 13.4. The Kier molecular flexibility index (Phi) is 6.76. The number of nitrogens with zero attached hydrogens (tertiary/aromatic N) is 2. The summed E-state index contributed by atoms with van der Waals surface area (Å²) in [5.74, 6) is -0.630. The lowest BCUT2D eigenvalue weighted by Crippen LogP contribution is -2.32. The van der Waals surface area contributed by atoms with Crippen LogP contribution in [0.1, 0.15) is 5.56 Å². The zero-order valence-corrected chi connectivity index (χ0v) is 19.3. The topological polar surface area (TPSA) is 74.9 Å². The number of rotatable bonds is 4. The Morgan fingerprint density at radius 3 is 2.30 bits per heavy atom. The van der Waals surface area contributed by atoms with Crippen LogP contribution >= 0.6 is 34.5 Å². The first-order chi connectivity index (χ1) is 16.0. The molecule has 1 N–H and O–H groups in total. The molecule has 4 rings (SSSR count). The number of halogens is 2. The Hall–Kier alpha value is -3.63. The molecule has 0 unspecified atom stereocenters. The van der Waals surface area contributed by atoms with E-state index < -0.39 is 5.91 Å². The van der Waals surface area contributed by atoms with Crippen LogP contribution in [0, 0.1) is 11.3 Å². The van der Waals surface area contributed by atoms with Crippen LogP contribution in [0.15, 0.2) is 83.7 Å². The Balaban J connectivity index is 1.95. The predicted molar refractivity (Wildman–Crippen MR) is 133 cm³/mol. The molecule has 1 amide bonds. The minimum absolute atomic E-state index is 0.185. The second-order valence-electron chi connectivity index (χ2n) is 6.86. The minimum Gasteiger partial charge on any atom is -0.321 e. The highest BCUT2D eigenvalue weighted by Crippen LogP contribution is 2.16. The monoisotopic (exact) mass is 491 g/mol. The summed E-state index contributed by atoms with van der Waals surface area (Å²) < 4.78 is 1.93. The summed E-state index contributed by atoms with van der Waals surface area (Å²) in [5, 5.41) is 13.6. The zero-order valence-electron chi connectivity index (χ0n) is 17.0. The molecule has 0 saturated carbocycles. The molecule has 8 heteroatoms. The quantitative estimate of drug-likeness (QED) is 0.461. The van der Waals surface area contributed by atoms with Crippen molar-refractivity contribution in [2.75, 3.05) is 5.32 Å². The summed E-state index contributed by atoms with van der Waals surface area (Å²) in [4.78, 5) is 26.4. The third-order valence-corrected chi connectivity index (χ3v) is 6.37. The van der Waals surface area contributed by atoms with Gasteiger partial charge in [-0.15, -0.1) is 11.3 Å². The molecule has 3 aromatic carbocycles. The molecule has 1 aromatic heterocycles. The van der Waals surface area contributed by atoms with E-state index in [2.05, 4.69) is 5.32 Å². The van der Waals surface area contributed by atoms with Crippen molar-refractivity contribution in [3.05, 3.63) is 114 Å². The van der Waals surface area contributed by atoms with Crippen LogP contribution in [0.5, 0.6) is 0 Å². The van der Waals surface area contributed by atoms with Gasteiger partial charge in [0.05, 0.1) is 10.2 Å². The highest BCUT2D eigenvalue weighted by molar-refractivity contribution is 7.07. The number of carbonyl (C=O) groups is 1. The van der Waals surface area contributed by atoms with E-state index in [0.29, 0.717) is 31.5 Å². The van der Waals surface area contributed by atoms with E-state index >= 15 is 0 Å². The number of hydrogen-bond donors (Lipinski definition) is 1. The molecule has 0 aliphatic carbocycles. The lowest BCUT2D eigenvalue weighted by molar-refractivity contribution is -0.111. The molecule has 33 heavy (non-hydrogen) atoms. The maximum atomic E-state index is 13.4. The number of hydrogen-bond acceptors (Lipinski definition) is 4. The number of thiazole rings is 1. The van der Waals surface area contributed by atoms with Gasteiger partial charge in [-0.05, 0) is 54.1 Å². The summed E-state index contributed by atoms with van der Waals surface area (Å²) >= 11 is 13.2. The summed E-state index contributed by atoms with van der Waals surface area (Å²) in [6, 6.07) is 24.5. The normalized spacial score (nSPS) is 12.2. The van der Waals surface area contributed by atoms with Crippen LogP contribution in [0.3, 0.4) is 0 Å². The maximum Gasteiger partial charge on any atom is 0.273 e. The number of para-hydroxylation sites is 1. The predicted octanol–water partition coefficient (Wildman–Crippen LogP) is 4.35. The highest BCUT2D eigenvalue weighted by Gasteiger charge is 2.17. The molecule has 0 aliphatic rings. The standard InChI is InChI=1S/C25H15Cl2N3O2S/c26-17-10-12-18(13-11-17)29-23(31)20(15-28)25-30(19-7-2-1-3-8-19)24(32)22(33-25)14-16-6-4-5-9-21(16)27/h1-14H,(H,29,31). The smallest absolute Gasteiger partial charge is 0.273 e. The van der Waals surface area contributed by atoms with Crippen LogP contribution in [0.4, 0.5) is 5.69 Å². The number of aromatic nitrogens is 1. The Labute approximate surface area is 203 Å². The third-order valence-electron chi connectivity index (χ3n) is 4.68. The molecular weight excluding hydrogens is 477 g/mol. The Morgan fingerprint density at radius 2 is 1.64 bits per heavy atom. The van der Waals surface area contributed by atoms with Crippen LogP contribution in [0.25, 0.3) is 17.3 Å². The number of nitriles is 1. The fourth-order valence-corrected chi connectivity index (χ4v) is 4.53. The fraction of sp³-hybridized carbons (Fsp3) is 0. The Morgan fingerprint density at radius 1 is 0.970 bits per heavy atom. The molecule has 0 saturated heterocycles. The van der Waals surface area contributed by atoms with Crippen molar-refractivity contribution in [3.63, 3.8) is 0 Å². The van der Waals surface area contributed by atoms with Gasteiger partial charge in [0.2, 0.25) is 0 Å². The van der Waals surface area contributed by atoms with E-state index in [0.717, 1.165) is 11.3 Å². The third kappa shape index (κ3) is 4.91. The van der Waals surface area contributed by atoms with Gasteiger partial charge in [-0.1, -0.05) is 59.6 Å². The molecule has 0 aliphatic heterocycles. The van der Waals surface area contributed by atoms with Gasteiger partial charge < -0.3 is 5.32 Å².